The number of benzene rings is 2. The predicted molar refractivity (Wildman–Crippen MR) is 92.1 cm³/mol. The Morgan fingerprint density at radius 2 is 1.84 bits per heavy atom. The van der Waals surface area contributed by atoms with E-state index in [1.54, 1.807) is 11.3 Å². The molecule has 0 saturated heterocycles. The highest BCUT2D eigenvalue weighted by molar-refractivity contribution is 14.1. The fraction of sp³-hybridized carbons (Fsp3) is 0. The zero-order valence-corrected chi connectivity index (χ0v) is 14.3. The van der Waals surface area contributed by atoms with Crippen molar-refractivity contribution >= 4 is 65.7 Å². The molecule has 2 aromatic carbocycles. The number of halogens is 2. The molecule has 4 heteroatoms. The molecule has 1 aromatic heterocycles. The van der Waals surface area contributed by atoms with Crippen LogP contribution in [0.25, 0.3) is 10.1 Å². The van der Waals surface area contributed by atoms with Crippen LogP contribution in [0.3, 0.4) is 0 Å². The second-order valence-corrected chi connectivity index (χ2v) is 6.97. The third-order valence-electron chi connectivity index (χ3n) is 2.91. The quantitative estimate of drug-likeness (QED) is 0.378. The van der Waals surface area contributed by atoms with Gasteiger partial charge in [0.15, 0.2) is 5.78 Å². The summed E-state index contributed by atoms with van der Waals surface area (Å²) < 4.78 is 3.15. The van der Waals surface area contributed by atoms with Crippen molar-refractivity contribution in [2.24, 2.45) is 0 Å². The molecule has 19 heavy (non-hydrogen) atoms. The molecular weight excluding hydrogens is 435 g/mol. The Kier molecular flexibility index (Phi) is 3.73. The van der Waals surface area contributed by atoms with Crippen molar-refractivity contribution in [2.75, 3.05) is 0 Å². The molecule has 3 rings (SSSR count). The van der Waals surface area contributed by atoms with Gasteiger partial charge in [-0.25, -0.2) is 0 Å². The predicted octanol–water partition coefficient (Wildman–Crippen LogP) is 5.50. The van der Waals surface area contributed by atoms with Crippen LogP contribution in [0.4, 0.5) is 0 Å². The summed E-state index contributed by atoms with van der Waals surface area (Å²) in [5, 5.41) is 2.96. The van der Waals surface area contributed by atoms with Gasteiger partial charge in [-0.2, -0.15) is 0 Å². The van der Waals surface area contributed by atoms with Gasteiger partial charge in [-0.15, -0.1) is 11.3 Å². The summed E-state index contributed by atoms with van der Waals surface area (Å²) in [6.07, 6.45) is 0. The van der Waals surface area contributed by atoms with Gasteiger partial charge in [0.25, 0.3) is 0 Å². The molecule has 0 radical (unpaired) electrons. The minimum Gasteiger partial charge on any atom is -0.289 e. The van der Waals surface area contributed by atoms with Gasteiger partial charge in [-0.3, -0.25) is 4.79 Å². The number of thiophene rings is 1. The zero-order valence-electron chi connectivity index (χ0n) is 9.69. The maximum absolute atomic E-state index is 12.6. The van der Waals surface area contributed by atoms with Gasteiger partial charge >= 0.3 is 0 Å². The molecule has 0 atom stereocenters. The van der Waals surface area contributed by atoms with Gasteiger partial charge in [0.2, 0.25) is 0 Å². The Hall–Kier alpha value is -0.720. The second-order valence-electron chi connectivity index (χ2n) is 4.07. The molecule has 1 heterocycles. The number of carbonyl (C=O) groups excluding carboxylic acids is 1. The third kappa shape index (κ3) is 2.37. The van der Waals surface area contributed by atoms with Crippen molar-refractivity contribution < 1.29 is 4.79 Å². The minimum absolute atomic E-state index is 0.0920. The van der Waals surface area contributed by atoms with Crippen molar-refractivity contribution in [3.05, 3.63) is 67.0 Å². The number of rotatable bonds is 2. The van der Waals surface area contributed by atoms with Crippen LogP contribution in [0.1, 0.15) is 15.9 Å². The molecule has 3 aromatic rings. The van der Waals surface area contributed by atoms with Crippen LogP contribution >= 0.6 is 49.9 Å². The molecule has 1 nitrogen and oxygen atoms in total. The molecule has 0 N–H and O–H groups in total. The first kappa shape index (κ1) is 13.3. The summed E-state index contributed by atoms with van der Waals surface area (Å²) in [7, 11) is 0. The van der Waals surface area contributed by atoms with E-state index >= 15 is 0 Å². The van der Waals surface area contributed by atoms with E-state index in [1.165, 1.54) is 0 Å². The van der Waals surface area contributed by atoms with E-state index in [0.717, 1.165) is 29.3 Å². The summed E-state index contributed by atoms with van der Waals surface area (Å²) >= 11 is 7.33. The van der Waals surface area contributed by atoms with Crippen molar-refractivity contribution in [1.82, 2.24) is 0 Å². The highest BCUT2D eigenvalue weighted by atomic mass is 127. The highest BCUT2D eigenvalue weighted by Gasteiger charge is 2.17. The van der Waals surface area contributed by atoms with Crippen LogP contribution in [0.2, 0.25) is 0 Å². The number of carbonyl (C=O) groups is 1. The molecule has 0 fully saturated rings. The van der Waals surface area contributed by atoms with Gasteiger partial charge in [0.05, 0.1) is 0 Å². The molecule has 0 saturated carbocycles. The lowest BCUT2D eigenvalue weighted by Crippen LogP contribution is -2.02. The first-order valence-electron chi connectivity index (χ1n) is 5.63. The standard InChI is InChI=1S/C15H8BrIOS/c16-12-6-3-5-9-11(8-19-15(9)12)14(18)10-4-1-2-7-13(10)17/h1-8H. The molecule has 0 bridgehead atoms. The van der Waals surface area contributed by atoms with E-state index < -0.39 is 0 Å². The van der Waals surface area contributed by atoms with Crippen LogP contribution < -0.4 is 0 Å². The number of fused-ring (bicyclic) bond motifs is 1. The maximum Gasteiger partial charge on any atom is 0.195 e. The second kappa shape index (κ2) is 5.34. The molecule has 0 aliphatic heterocycles. The first-order valence-corrected chi connectivity index (χ1v) is 8.38. The molecule has 0 aliphatic carbocycles. The van der Waals surface area contributed by atoms with E-state index in [2.05, 4.69) is 38.5 Å². The summed E-state index contributed by atoms with van der Waals surface area (Å²) in [6, 6.07) is 13.6. The summed E-state index contributed by atoms with van der Waals surface area (Å²) in [5.74, 6) is 0.0920. The summed E-state index contributed by atoms with van der Waals surface area (Å²) in [4.78, 5) is 12.6. The fourth-order valence-electron chi connectivity index (χ4n) is 1.99. The maximum atomic E-state index is 12.6. The summed E-state index contributed by atoms with van der Waals surface area (Å²) in [6.45, 7) is 0. The molecule has 0 amide bonds. The SMILES string of the molecule is O=C(c1ccccc1I)c1csc2c(Br)cccc12. The number of hydrogen-bond acceptors (Lipinski definition) is 2. The largest absolute Gasteiger partial charge is 0.289 e. The van der Waals surface area contributed by atoms with Crippen molar-refractivity contribution in [1.29, 1.82) is 0 Å². The van der Waals surface area contributed by atoms with E-state index in [-0.39, 0.29) is 5.78 Å². The molecule has 0 spiro atoms. The normalized spacial score (nSPS) is 10.8. The first-order chi connectivity index (χ1) is 9.18. The Labute approximate surface area is 136 Å². The third-order valence-corrected chi connectivity index (χ3v) is 5.81. The van der Waals surface area contributed by atoms with Crippen LogP contribution in [0, 0.1) is 3.57 Å². The number of hydrogen-bond donors (Lipinski definition) is 0. The van der Waals surface area contributed by atoms with E-state index in [1.807, 2.05) is 47.8 Å². The lowest BCUT2D eigenvalue weighted by Gasteiger charge is -2.02. The van der Waals surface area contributed by atoms with E-state index in [4.69, 9.17) is 0 Å². The summed E-state index contributed by atoms with van der Waals surface area (Å²) in [5.41, 5.74) is 1.55. The molecular formula is C15H8BrIOS. The molecule has 0 unspecified atom stereocenters. The van der Waals surface area contributed by atoms with Crippen molar-refractivity contribution in [3.63, 3.8) is 0 Å². The minimum atomic E-state index is 0.0920. The van der Waals surface area contributed by atoms with E-state index in [0.29, 0.717) is 0 Å². The Bertz CT molecular complexity index is 779. The Morgan fingerprint density at radius 3 is 2.63 bits per heavy atom. The highest BCUT2D eigenvalue weighted by Crippen LogP contribution is 2.33. The average Bonchev–Trinajstić information content (AvgIpc) is 2.84. The monoisotopic (exact) mass is 442 g/mol. The van der Waals surface area contributed by atoms with Gasteiger partial charge in [-0.05, 0) is 56.7 Å². The van der Waals surface area contributed by atoms with Crippen LogP contribution in [0.15, 0.2) is 52.3 Å². The van der Waals surface area contributed by atoms with Crippen LogP contribution in [-0.2, 0) is 0 Å². The topological polar surface area (TPSA) is 17.1 Å². The molecule has 0 aliphatic rings. The Morgan fingerprint density at radius 1 is 1.05 bits per heavy atom. The van der Waals surface area contributed by atoms with E-state index in [9.17, 15) is 4.79 Å². The van der Waals surface area contributed by atoms with Gasteiger partial charge in [-0.1, -0.05) is 24.3 Å². The lowest BCUT2D eigenvalue weighted by molar-refractivity contribution is 0.104. The average molecular weight is 443 g/mol. The van der Waals surface area contributed by atoms with Crippen LogP contribution in [0.5, 0.6) is 0 Å². The van der Waals surface area contributed by atoms with Gasteiger partial charge < -0.3 is 0 Å². The fourth-order valence-corrected chi connectivity index (χ4v) is 4.22. The van der Waals surface area contributed by atoms with Gasteiger partial charge in [0.1, 0.15) is 0 Å². The van der Waals surface area contributed by atoms with Gasteiger partial charge in [0, 0.05) is 34.6 Å². The van der Waals surface area contributed by atoms with Crippen molar-refractivity contribution in [2.45, 2.75) is 0 Å². The molecule has 94 valence electrons. The lowest BCUT2D eigenvalue weighted by atomic mass is 10.0. The van der Waals surface area contributed by atoms with Crippen molar-refractivity contribution in [3.8, 4) is 0 Å². The Balaban J connectivity index is 2.18. The smallest absolute Gasteiger partial charge is 0.195 e. The zero-order chi connectivity index (χ0) is 13.4. The number of ketones is 1. The van der Waals surface area contributed by atoms with Crippen LogP contribution in [-0.4, -0.2) is 5.78 Å².